The molecule has 1 atom stereocenters. The molecule has 1 saturated heterocycles. The van der Waals surface area contributed by atoms with Crippen LogP contribution in [0.1, 0.15) is 51.9 Å². The third-order valence-electron chi connectivity index (χ3n) is 4.55. The van der Waals surface area contributed by atoms with Gasteiger partial charge in [-0.05, 0) is 38.4 Å². The van der Waals surface area contributed by atoms with Gasteiger partial charge in [-0.25, -0.2) is 0 Å². The zero-order chi connectivity index (χ0) is 12.2. The molecule has 0 aromatic rings. The van der Waals surface area contributed by atoms with Crippen LogP contribution in [0.5, 0.6) is 0 Å². The molecule has 17 heavy (non-hydrogen) atoms. The highest BCUT2D eigenvalue weighted by Gasteiger charge is 2.33. The van der Waals surface area contributed by atoms with E-state index in [1.54, 1.807) is 0 Å². The monoisotopic (exact) mass is 257 g/mol. The first-order valence-electron chi connectivity index (χ1n) is 7.14. The number of aliphatic hydroxyl groups excluding tert-OH is 1. The van der Waals surface area contributed by atoms with E-state index in [2.05, 4.69) is 24.0 Å². The molecule has 0 spiro atoms. The van der Waals surface area contributed by atoms with Gasteiger partial charge in [0, 0.05) is 29.9 Å². The van der Waals surface area contributed by atoms with E-state index in [0.29, 0.717) is 11.4 Å². The fraction of sp³-hybridized carbons (Fsp3) is 1.00. The van der Waals surface area contributed by atoms with Crippen molar-refractivity contribution in [3.05, 3.63) is 0 Å². The summed E-state index contributed by atoms with van der Waals surface area (Å²) in [6, 6.07) is 0. The Labute approximate surface area is 110 Å². The second kappa shape index (κ2) is 5.94. The molecule has 2 aliphatic rings. The van der Waals surface area contributed by atoms with Crippen LogP contribution in [0.2, 0.25) is 0 Å². The maximum atomic E-state index is 9.65. The van der Waals surface area contributed by atoms with Crippen molar-refractivity contribution in [1.29, 1.82) is 0 Å². The van der Waals surface area contributed by atoms with Crippen LogP contribution < -0.4 is 5.32 Å². The maximum absolute atomic E-state index is 9.65. The van der Waals surface area contributed by atoms with Crippen LogP contribution in [0.4, 0.5) is 0 Å². The molecular weight excluding hydrogens is 230 g/mol. The Balaban J connectivity index is 1.75. The molecule has 1 aliphatic heterocycles. The van der Waals surface area contributed by atoms with E-state index in [1.807, 2.05) is 0 Å². The maximum Gasteiger partial charge on any atom is 0.0499 e. The average molecular weight is 257 g/mol. The van der Waals surface area contributed by atoms with Crippen molar-refractivity contribution in [3.63, 3.8) is 0 Å². The first kappa shape index (κ1) is 13.7. The quantitative estimate of drug-likeness (QED) is 0.794. The highest BCUT2D eigenvalue weighted by molar-refractivity contribution is 8.00. The molecule has 0 amide bonds. The molecule has 2 N–H and O–H groups in total. The third kappa shape index (κ3) is 3.62. The number of thioether (sulfide) groups is 1. The molecule has 1 saturated carbocycles. The van der Waals surface area contributed by atoms with Crippen LogP contribution in [0.25, 0.3) is 0 Å². The number of hydrogen-bond donors (Lipinski definition) is 2. The largest absolute Gasteiger partial charge is 0.396 e. The lowest BCUT2D eigenvalue weighted by molar-refractivity contribution is 0.0809. The van der Waals surface area contributed by atoms with Gasteiger partial charge < -0.3 is 10.4 Å². The van der Waals surface area contributed by atoms with Crippen molar-refractivity contribution >= 4 is 11.8 Å². The molecule has 1 aliphatic carbocycles. The molecular formula is C14H27NOS. The lowest BCUT2D eigenvalue weighted by atomic mass is 9.74. The summed E-state index contributed by atoms with van der Waals surface area (Å²) in [5.74, 6) is 1.32. The molecule has 0 aromatic heterocycles. The van der Waals surface area contributed by atoms with Crippen molar-refractivity contribution in [2.75, 3.05) is 25.4 Å². The molecule has 0 aromatic carbocycles. The van der Waals surface area contributed by atoms with Crippen LogP contribution >= 0.6 is 11.8 Å². The van der Waals surface area contributed by atoms with Crippen molar-refractivity contribution < 1.29 is 5.11 Å². The second-order valence-corrected chi connectivity index (χ2v) is 7.91. The normalized spacial score (nSPS) is 32.8. The zero-order valence-electron chi connectivity index (χ0n) is 11.1. The molecule has 1 heterocycles. The lowest BCUT2D eigenvalue weighted by Gasteiger charge is -2.37. The van der Waals surface area contributed by atoms with E-state index < -0.39 is 0 Å². The molecule has 2 fully saturated rings. The zero-order valence-corrected chi connectivity index (χ0v) is 12.0. The van der Waals surface area contributed by atoms with Gasteiger partial charge in [-0.2, -0.15) is 11.8 Å². The Kier molecular flexibility index (Phi) is 4.79. The number of hydrogen-bond acceptors (Lipinski definition) is 3. The van der Waals surface area contributed by atoms with Gasteiger partial charge >= 0.3 is 0 Å². The summed E-state index contributed by atoms with van der Waals surface area (Å²) in [5, 5.41) is 13.3. The second-order valence-electron chi connectivity index (χ2n) is 6.22. The SMILES string of the molecule is CC1(CNCC2(CO)CCCCC2)CCCS1. The van der Waals surface area contributed by atoms with E-state index in [0.717, 1.165) is 13.1 Å². The minimum absolute atomic E-state index is 0.192. The Morgan fingerprint density at radius 2 is 1.82 bits per heavy atom. The van der Waals surface area contributed by atoms with Crippen LogP contribution in [-0.2, 0) is 0 Å². The molecule has 0 radical (unpaired) electrons. The van der Waals surface area contributed by atoms with Crippen molar-refractivity contribution in [3.8, 4) is 0 Å². The summed E-state index contributed by atoms with van der Waals surface area (Å²) in [6.07, 6.45) is 9.09. The highest BCUT2D eigenvalue weighted by atomic mass is 32.2. The van der Waals surface area contributed by atoms with Crippen LogP contribution in [0, 0.1) is 5.41 Å². The lowest BCUT2D eigenvalue weighted by Crippen LogP contribution is -2.43. The van der Waals surface area contributed by atoms with Crippen molar-refractivity contribution in [1.82, 2.24) is 5.32 Å². The van der Waals surface area contributed by atoms with Crippen molar-refractivity contribution in [2.24, 2.45) is 5.41 Å². The topological polar surface area (TPSA) is 32.3 Å². The van der Waals surface area contributed by atoms with E-state index in [-0.39, 0.29) is 5.41 Å². The number of aliphatic hydroxyl groups is 1. The highest BCUT2D eigenvalue weighted by Crippen LogP contribution is 2.38. The predicted octanol–water partition coefficient (Wildman–Crippen LogP) is 2.80. The van der Waals surface area contributed by atoms with Crippen LogP contribution in [0.15, 0.2) is 0 Å². The van der Waals surface area contributed by atoms with E-state index in [1.165, 1.54) is 50.7 Å². The van der Waals surface area contributed by atoms with Gasteiger partial charge in [-0.15, -0.1) is 0 Å². The average Bonchev–Trinajstić information content (AvgIpc) is 2.77. The summed E-state index contributed by atoms with van der Waals surface area (Å²) < 4.78 is 0.450. The summed E-state index contributed by atoms with van der Waals surface area (Å²) in [4.78, 5) is 0. The van der Waals surface area contributed by atoms with Crippen molar-refractivity contribution in [2.45, 2.75) is 56.6 Å². The van der Waals surface area contributed by atoms with Gasteiger partial charge in [0.1, 0.15) is 0 Å². The summed E-state index contributed by atoms with van der Waals surface area (Å²) in [6.45, 7) is 4.87. The Morgan fingerprint density at radius 1 is 1.06 bits per heavy atom. The Bertz CT molecular complexity index is 232. The predicted molar refractivity (Wildman–Crippen MR) is 75.6 cm³/mol. The molecule has 100 valence electrons. The summed E-state index contributed by atoms with van der Waals surface area (Å²) in [5.41, 5.74) is 0.192. The Morgan fingerprint density at radius 3 is 2.41 bits per heavy atom. The van der Waals surface area contributed by atoms with E-state index in [9.17, 15) is 5.11 Å². The smallest absolute Gasteiger partial charge is 0.0499 e. The van der Waals surface area contributed by atoms with E-state index in [4.69, 9.17) is 0 Å². The molecule has 2 rings (SSSR count). The van der Waals surface area contributed by atoms with Gasteiger partial charge in [0.15, 0.2) is 0 Å². The standard InChI is InChI=1S/C14H27NOS/c1-13(6-5-9-17-13)10-15-11-14(12-16)7-3-2-4-8-14/h15-16H,2-12H2,1H3. The third-order valence-corrected chi connectivity index (χ3v) is 6.09. The molecule has 1 unspecified atom stereocenters. The van der Waals surface area contributed by atoms with Gasteiger partial charge in [0.05, 0.1) is 0 Å². The first-order chi connectivity index (χ1) is 8.18. The summed E-state index contributed by atoms with van der Waals surface area (Å²) in [7, 11) is 0. The fourth-order valence-corrected chi connectivity index (χ4v) is 4.54. The number of rotatable bonds is 5. The first-order valence-corrected chi connectivity index (χ1v) is 8.12. The van der Waals surface area contributed by atoms with Crippen LogP contribution in [-0.4, -0.2) is 35.3 Å². The minimum Gasteiger partial charge on any atom is -0.396 e. The number of nitrogens with one attached hydrogen (secondary N) is 1. The summed E-state index contributed by atoms with van der Waals surface area (Å²) >= 11 is 2.11. The fourth-order valence-electron chi connectivity index (χ4n) is 3.26. The minimum atomic E-state index is 0.192. The molecule has 0 bridgehead atoms. The molecule has 2 nitrogen and oxygen atoms in total. The Hall–Kier alpha value is 0.270. The molecule has 3 heteroatoms. The van der Waals surface area contributed by atoms with Gasteiger partial charge in [0.25, 0.3) is 0 Å². The van der Waals surface area contributed by atoms with Gasteiger partial charge in [0.2, 0.25) is 0 Å². The van der Waals surface area contributed by atoms with E-state index >= 15 is 0 Å². The van der Waals surface area contributed by atoms with Crippen LogP contribution in [0.3, 0.4) is 0 Å². The van der Waals surface area contributed by atoms with Gasteiger partial charge in [-0.1, -0.05) is 19.3 Å². The van der Waals surface area contributed by atoms with Gasteiger partial charge in [-0.3, -0.25) is 0 Å².